The molecular weight excluding hydrogens is 390 g/mol. The van der Waals surface area contributed by atoms with Gasteiger partial charge in [-0.25, -0.2) is 0 Å². The van der Waals surface area contributed by atoms with Gasteiger partial charge in [-0.2, -0.15) is 0 Å². The molecule has 2 aromatic carbocycles. The molecule has 2 aromatic rings. The van der Waals surface area contributed by atoms with Crippen LogP contribution >= 0.6 is 12.4 Å². The maximum Gasteiger partial charge on any atom is 0.253 e. The van der Waals surface area contributed by atoms with Gasteiger partial charge in [-0.15, -0.1) is 12.4 Å². The molecule has 3 amide bonds. The van der Waals surface area contributed by atoms with Crippen LogP contribution < -0.4 is 11.1 Å². The van der Waals surface area contributed by atoms with E-state index in [9.17, 15) is 14.4 Å². The number of nitrogens with one attached hydrogen (secondary N) is 1. The second kappa shape index (κ2) is 8.76. The molecule has 3 N–H and O–H groups in total. The molecule has 1 unspecified atom stereocenters. The zero-order valence-electron chi connectivity index (χ0n) is 15.9. The molecule has 7 heteroatoms. The Balaban J connectivity index is 0.00000240. The van der Waals surface area contributed by atoms with Gasteiger partial charge in [0.15, 0.2) is 0 Å². The van der Waals surface area contributed by atoms with Crippen molar-refractivity contribution in [1.82, 2.24) is 10.2 Å². The van der Waals surface area contributed by atoms with Crippen LogP contribution in [0.1, 0.15) is 33.8 Å². The summed E-state index contributed by atoms with van der Waals surface area (Å²) < 4.78 is 0. The average Bonchev–Trinajstić information content (AvgIpc) is 3.24. The topological polar surface area (TPSA) is 92.5 Å². The third-order valence-corrected chi connectivity index (χ3v) is 5.63. The van der Waals surface area contributed by atoms with E-state index in [-0.39, 0.29) is 54.4 Å². The molecule has 152 valence electrons. The van der Waals surface area contributed by atoms with E-state index in [0.29, 0.717) is 25.1 Å². The first-order valence-corrected chi connectivity index (χ1v) is 9.53. The minimum atomic E-state index is -0.322. The third kappa shape index (κ3) is 4.49. The van der Waals surface area contributed by atoms with E-state index in [4.69, 9.17) is 5.73 Å². The highest BCUT2D eigenvalue weighted by Gasteiger charge is 2.34. The number of hydrogen-bond donors (Lipinski definition) is 2. The molecule has 0 aliphatic carbocycles. The standard InChI is InChI=1S/C22H23N3O3.ClH/c23-19-13-25(12-18(19)15-4-2-1-3-5-15)22(28)16-8-6-14(7-9-16)10-17-11-20(26)24-21(17)27;/h1-9,17-19H,10-13,23H2,(H,24,26,27);1H/t17?,18-,19+;/m0./s1. The molecule has 4 rings (SSSR count). The number of carbonyl (C=O) groups excluding carboxylic acids is 3. The van der Waals surface area contributed by atoms with E-state index in [1.54, 1.807) is 17.0 Å². The minimum absolute atomic E-state index is 0. The first kappa shape index (κ1) is 21.0. The van der Waals surface area contributed by atoms with Gasteiger partial charge in [0.2, 0.25) is 11.8 Å². The van der Waals surface area contributed by atoms with Crippen LogP contribution in [0.25, 0.3) is 0 Å². The summed E-state index contributed by atoms with van der Waals surface area (Å²) in [6.45, 7) is 1.14. The van der Waals surface area contributed by atoms with Crippen molar-refractivity contribution in [3.8, 4) is 0 Å². The van der Waals surface area contributed by atoms with Crippen molar-refractivity contribution in [3.05, 3.63) is 71.3 Å². The summed E-state index contributed by atoms with van der Waals surface area (Å²) in [5.41, 5.74) is 9.00. The van der Waals surface area contributed by atoms with Gasteiger partial charge in [0.1, 0.15) is 0 Å². The molecule has 0 bridgehead atoms. The lowest BCUT2D eigenvalue weighted by atomic mass is 9.95. The quantitative estimate of drug-likeness (QED) is 0.748. The van der Waals surface area contributed by atoms with Crippen LogP contribution in [-0.4, -0.2) is 41.8 Å². The van der Waals surface area contributed by atoms with Gasteiger partial charge in [0.25, 0.3) is 5.91 Å². The van der Waals surface area contributed by atoms with Crippen LogP contribution in [0, 0.1) is 5.92 Å². The SMILES string of the molecule is Cl.N[C@@H]1CN(C(=O)c2ccc(CC3CC(=O)NC3=O)cc2)C[C@H]1c1ccccc1. The molecule has 2 aliphatic heterocycles. The first-order valence-electron chi connectivity index (χ1n) is 9.53. The zero-order valence-corrected chi connectivity index (χ0v) is 16.7. The number of nitrogens with two attached hydrogens (primary N) is 1. The number of hydrogen-bond acceptors (Lipinski definition) is 4. The van der Waals surface area contributed by atoms with E-state index < -0.39 is 0 Å². The lowest BCUT2D eigenvalue weighted by molar-refractivity contribution is -0.125. The van der Waals surface area contributed by atoms with Gasteiger partial charge in [0, 0.05) is 37.0 Å². The fraction of sp³-hybridized carbons (Fsp3) is 0.318. The van der Waals surface area contributed by atoms with Crippen LogP contribution in [-0.2, 0) is 16.0 Å². The molecule has 2 fully saturated rings. The van der Waals surface area contributed by atoms with Gasteiger partial charge >= 0.3 is 0 Å². The van der Waals surface area contributed by atoms with Crippen LogP contribution in [0.3, 0.4) is 0 Å². The molecule has 0 saturated carbocycles. The molecule has 0 radical (unpaired) electrons. The van der Waals surface area contributed by atoms with Crippen LogP contribution in [0.2, 0.25) is 0 Å². The lowest BCUT2D eigenvalue weighted by Gasteiger charge is -2.17. The fourth-order valence-electron chi connectivity index (χ4n) is 4.07. The van der Waals surface area contributed by atoms with Gasteiger partial charge in [-0.3, -0.25) is 19.7 Å². The molecule has 2 saturated heterocycles. The number of carbonyl (C=O) groups is 3. The summed E-state index contributed by atoms with van der Waals surface area (Å²) in [6.07, 6.45) is 0.725. The van der Waals surface area contributed by atoms with Crippen molar-refractivity contribution >= 4 is 30.1 Å². The van der Waals surface area contributed by atoms with Gasteiger partial charge < -0.3 is 10.6 Å². The number of imide groups is 1. The number of amides is 3. The van der Waals surface area contributed by atoms with Crippen molar-refractivity contribution in [2.45, 2.75) is 24.8 Å². The number of halogens is 1. The molecule has 2 heterocycles. The third-order valence-electron chi connectivity index (χ3n) is 5.63. The largest absolute Gasteiger partial charge is 0.336 e. The average molecular weight is 414 g/mol. The summed E-state index contributed by atoms with van der Waals surface area (Å²) in [5.74, 6) is -0.655. The lowest BCUT2D eigenvalue weighted by Crippen LogP contribution is -2.32. The Hall–Kier alpha value is -2.70. The minimum Gasteiger partial charge on any atom is -0.336 e. The number of rotatable bonds is 4. The van der Waals surface area contributed by atoms with Crippen LogP contribution in [0.4, 0.5) is 0 Å². The van der Waals surface area contributed by atoms with Crippen molar-refractivity contribution in [1.29, 1.82) is 0 Å². The summed E-state index contributed by atoms with van der Waals surface area (Å²) in [6, 6.07) is 17.3. The van der Waals surface area contributed by atoms with E-state index >= 15 is 0 Å². The first-order chi connectivity index (χ1) is 13.5. The van der Waals surface area contributed by atoms with E-state index in [1.807, 2.05) is 30.3 Å². The Morgan fingerprint density at radius 1 is 1.03 bits per heavy atom. The van der Waals surface area contributed by atoms with Crippen molar-refractivity contribution < 1.29 is 14.4 Å². The second-order valence-electron chi connectivity index (χ2n) is 7.61. The van der Waals surface area contributed by atoms with Crippen molar-refractivity contribution in [2.75, 3.05) is 13.1 Å². The predicted octanol–water partition coefficient (Wildman–Crippen LogP) is 1.88. The summed E-state index contributed by atoms with van der Waals surface area (Å²) in [7, 11) is 0. The Labute approximate surface area is 175 Å². The highest BCUT2D eigenvalue weighted by atomic mass is 35.5. The molecule has 2 aliphatic rings. The zero-order chi connectivity index (χ0) is 19.7. The molecule has 3 atom stereocenters. The van der Waals surface area contributed by atoms with E-state index in [1.165, 1.54) is 0 Å². The highest BCUT2D eigenvalue weighted by molar-refractivity contribution is 6.03. The predicted molar refractivity (Wildman–Crippen MR) is 112 cm³/mol. The van der Waals surface area contributed by atoms with E-state index in [2.05, 4.69) is 17.4 Å². The Bertz CT molecular complexity index is 901. The summed E-state index contributed by atoms with van der Waals surface area (Å²) in [4.78, 5) is 37.7. The normalized spacial score (nSPS) is 23.6. The molecule has 29 heavy (non-hydrogen) atoms. The van der Waals surface area contributed by atoms with Crippen LogP contribution in [0.15, 0.2) is 54.6 Å². The monoisotopic (exact) mass is 413 g/mol. The Morgan fingerprint density at radius 3 is 2.34 bits per heavy atom. The number of benzene rings is 2. The second-order valence-corrected chi connectivity index (χ2v) is 7.61. The van der Waals surface area contributed by atoms with Gasteiger partial charge in [-0.1, -0.05) is 42.5 Å². The maximum atomic E-state index is 12.9. The highest BCUT2D eigenvalue weighted by Crippen LogP contribution is 2.27. The fourth-order valence-corrected chi connectivity index (χ4v) is 4.07. The molecule has 0 spiro atoms. The molecular formula is C22H24ClN3O3. The Kier molecular flexibility index (Phi) is 6.35. The smallest absolute Gasteiger partial charge is 0.253 e. The van der Waals surface area contributed by atoms with Crippen molar-refractivity contribution in [3.63, 3.8) is 0 Å². The van der Waals surface area contributed by atoms with Gasteiger partial charge in [-0.05, 0) is 29.7 Å². The molecule has 0 aromatic heterocycles. The number of likely N-dealkylation sites (tertiary alicyclic amines) is 1. The summed E-state index contributed by atoms with van der Waals surface area (Å²) in [5, 5.41) is 2.33. The maximum absolute atomic E-state index is 12.9. The van der Waals surface area contributed by atoms with Crippen molar-refractivity contribution in [2.24, 2.45) is 11.7 Å². The van der Waals surface area contributed by atoms with E-state index in [0.717, 1.165) is 11.1 Å². The Morgan fingerprint density at radius 2 is 1.72 bits per heavy atom. The number of nitrogens with zero attached hydrogens (tertiary/aromatic N) is 1. The summed E-state index contributed by atoms with van der Waals surface area (Å²) >= 11 is 0. The van der Waals surface area contributed by atoms with Crippen LogP contribution in [0.5, 0.6) is 0 Å². The molecule has 6 nitrogen and oxygen atoms in total. The van der Waals surface area contributed by atoms with Gasteiger partial charge in [0.05, 0.1) is 5.92 Å².